The Morgan fingerprint density at radius 1 is 1.00 bits per heavy atom. The summed E-state index contributed by atoms with van der Waals surface area (Å²) >= 11 is 9.23. The van der Waals surface area contributed by atoms with Gasteiger partial charge in [-0.3, -0.25) is 0 Å². The van der Waals surface area contributed by atoms with Gasteiger partial charge in [0.05, 0.1) is 4.90 Å². The van der Waals surface area contributed by atoms with E-state index in [-0.39, 0.29) is 4.90 Å². The Balaban J connectivity index is 2.32. The third kappa shape index (κ3) is 3.69. The Labute approximate surface area is 125 Å². The van der Waals surface area contributed by atoms with Gasteiger partial charge in [-0.1, -0.05) is 45.7 Å². The van der Waals surface area contributed by atoms with Crippen LogP contribution in [0.5, 0.6) is 0 Å². The summed E-state index contributed by atoms with van der Waals surface area (Å²) in [6.45, 7) is 0. The maximum absolute atomic E-state index is 12.1. The van der Waals surface area contributed by atoms with Crippen molar-refractivity contribution >= 4 is 43.4 Å². The molecule has 0 aliphatic heterocycles. The van der Waals surface area contributed by atoms with Crippen LogP contribution in [0.3, 0.4) is 0 Å². The summed E-state index contributed by atoms with van der Waals surface area (Å²) in [4.78, 5) is 0.249. The zero-order chi connectivity index (χ0) is 13.9. The average Bonchev–Trinajstić information content (AvgIpc) is 2.38. The van der Waals surface area contributed by atoms with Crippen LogP contribution in [0.2, 0.25) is 5.02 Å². The molecular formula is C14H10BrClO2S. The molecule has 0 aliphatic rings. The predicted octanol–water partition coefficient (Wildman–Crippen LogP) is 4.55. The van der Waals surface area contributed by atoms with E-state index in [1.54, 1.807) is 48.5 Å². The molecule has 0 fully saturated rings. The first-order valence-corrected chi connectivity index (χ1v) is 8.14. The van der Waals surface area contributed by atoms with Crippen molar-refractivity contribution in [3.8, 4) is 0 Å². The Morgan fingerprint density at radius 2 is 1.63 bits per heavy atom. The zero-order valence-corrected chi connectivity index (χ0v) is 12.9. The minimum absolute atomic E-state index is 0.249. The lowest BCUT2D eigenvalue weighted by molar-refractivity contribution is 0.605. The van der Waals surface area contributed by atoms with Gasteiger partial charge in [0, 0.05) is 14.9 Å². The fourth-order valence-corrected chi connectivity index (χ4v) is 2.94. The summed E-state index contributed by atoms with van der Waals surface area (Å²) in [7, 11) is -3.45. The summed E-state index contributed by atoms with van der Waals surface area (Å²) < 4.78 is 25.0. The molecule has 2 aromatic carbocycles. The van der Waals surface area contributed by atoms with Crippen LogP contribution < -0.4 is 0 Å². The lowest BCUT2D eigenvalue weighted by atomic mass is 10.2. The van der Waals surface area contributed by atoms with Crippen molar-refractivity contribution in [2.24, 2.45) is 0 Å². The molecule has 0 N–H and O–H groups in total. The van der Waals surface area contributed by atoms with Crippen molar-refractivity contribution in [3.05, 3.63) is 69.0 Å². The molecule has 0 aliphatic carbocycles. The second kappa shape index (κ2) is 5.90. The van der Waals surface area contributed by atoms with E-state index in [1.165, 1.54) is 6.08 Å². The molecule has 19 heavy (non-hydrogen) atoms. The fraction of sp³-hybridized carbons (Fsp3) is 0. The number of sulfone groups is 1. The van der Waals surface area contributed by atoms with Crippen molar-refractivity contribution in [1.29, 1.82) is 0 Å². The van der Waals surface area contributed by atoms with Crippen LogP contribution in [0.1, 0.15) is 5.56 Å². The standard InChI is InChI=1S/C14H10BrClO2S/c15-12-5-7-13(8-6-12)19(17,18)10-9-11-3-1-2-4-14(11)16/h1-10H/b10-9+. The van der Waals surface area contributed by atoms with Crippen LogP contribution >= 0.6 is 27.5 Å². The average molecular weight is 358 g/mol. The van der Waals surface area contributed by atoms with Crippen LogP contribution in [-0.2, 0) is 9.84 Å². The lowest BCUT2D eigenvalue weighted by Gasteiger charge is -2.00. The van der Waals surface area contributed by atoms with E-state index in [9.17, 15) is 8.42 Å². The SMILES string of the molecule is O=S(=O)(/C=C/c1ccccc1Cl)c1ccc(Br)cc1. The van der Waals surface area contributed by atoms with Crippen LogP contribution in [-0.4, -0.2) is 8.42 Å². The Hall–Kier alpha value is -1.10. The van der Waals surface area contributed by atoms with Crippen molar-refractivity contribution < 1.29 is 8.42 Å². The first kappa shape index (κ1) is 14.3. The van der Waals surface area contributed by atoms with Gasteiger partial charge in [0.15, 0.2) is 9.84 Å². The summed E-state index contributed by atoms with van der Waals surface area (Å²) in [5, 5.41) is 1.68. The highest BCUT2D eigenvalue weighted by Gasteiger charge is 2.09. The van der Waals surface area contributed by atoms with Crippen molar-refractivity contribution in [3.63, 3.8) is 0 Å². The minimum Gasteiger partial charge on any atom is -0.219 e. The van der Waals surface area contributed by atoms with Gasteiger partial charge in [0.1, 0.15) is 0 Å². The smallest absolute Gasteiger partial charge is 0.199 e. The summed E-state index contributed by atoms with van der Waals surface area (Å²) in [6.07, 6.45) is 1.50. The minimum atomic E-state index is -3.45. The fourth-order valence-electron chi connectivity index (χ4n) is 1.48. The number of hydrogen-bond donors (Lipinski definition) is 0. The number of benzene rings is 2. The summed E-state index contributed by atoms with van der Waals surface area (Å²) in [6, 6.07) is 13.6. The molecule has 0 saturated carbocycles. The molecule has 0 bridgehead atoms. The highest BCUT2D eigenvalue weighted by atomic mass is 79.9. The van der Waals surface area contributed by atoms with Gasteiger partial charge in [-0.15, -0.1) is 0 Å². The van der Waals surface area contributed by atoms with Crippen molar-refractivity contribution in [2.45, 2.75) is 4.90 Å². The predicted molar refractivity (Wildman–Crippen MR) is 81.8 cm³/mol. The lowest BCUT2D eigenvalue weighted by Crippen LogP contribution is -1.95. The maximum atomic E-state index is 12.1. The van der Waals surface area contributed by atoms with Gasteiger partial charge in [0.25, 0.3) is 0 Å². The first-order valence-electron chi connectivity index (χ1n) is 5.42. The molecular weight excluding hydrogens is 348 g/mol. The molecule has 2 rings (SSSR count). The molecule has 0 spiro atoms. The second-order valence-electron chi connectivity index (χ2n) is 3.82. The van der Waals surface area contributed by atoms with Crippen molar-refractivity contribution in [1.82, 2.24) is 0 Å². The van der Waals surface area contributed by atoms with E-state index in [0.29, 0.717) is 10.6 Å². The molecule has 2 nitrogen and oxygen atoms in total. The van der Waals surface area contributed by atoms with Gasteiger partial charge in [-0.05, 0) is 42.0 Å². The van der Waals surface area contributed by atoms with Gasteiger partial charge in [-0.25, -0.2) is 8.42 Å². The van der Waals surface area contributed by atoms with E-state index >= 15 is 0 Å². The van der Waals surface area contributed by atoms with Crippen LogP contribution in [0.15, 0.2) is 63.3 Å². The van der Waals surface area contributed by atoms with Crippen LogP contribution in [0.25, 0.3) is 6.08 Å². The monoisotopic (exact) mass is 356 g/mol. The van der Waals surface area contributed by atoms with Gasteiger partial charge >= 0.3 is 0 Å². The van der Waals surface area contributed by atoms with E-state index in [2.05, 4.69) is 15.9 Å². The highest BCUT2D eigenvalue weighted by Crippen LogP contribution is 2.20. The highest BCUT2D eigenvalue weighted by molar-refractivity contribution is 9.10. The summed E-state index contributed by atoms with van der Waals surface area (Å²) in [5.74, 6) is 0. The normalized spacial score (nSPS) is 11.9. The van der Waals surface area contributed by atoms with E-state index in [0.717, 1.165) is 9.88 Å². The molecule has 2 aromatic rings. The van der Waals surface area contributed by atoms with Gasteiger partial charge < -0.3 is 0 Å². The third-order valence-corrected chi connectivity index (χ3v) is 4.77. The number of rotatable bonds is 3. The Bertz CT molecular complexity index is 706. The molecule has 0 unspecified atom stereocenters. The van der Waals surface area contributed by atoms with E-state index in [1.807, 2.05) is 0 Å². The van der Waals surface area contributed by atoms with Crippen LogP contribution in [0, 0.1) is 0 Å². The topological polar surface area (TPSA) is 34.1 Å². The van der Waals surface area contributed by atoms with Crippen LogP contribution in [0.4, 0.5) is 0 Å². The Morgan fingerprint density at radius 3 is 2.26 bits per heavy atom. The molecule has 0 saturated heterocycles. The Kier molecular flexibility index (Phi) is 4.45. The molecule has 0 aromatic heterocycles. The van der Waals surface area contributed by atoms with Crippen molar-refractivity contribution in [2.75, 3.05) is 0 Å². The molecule has 0 radical (unpaired) electrons. The van der Waals surface area contributed by atoms with Gasteiger partial charge in [0.2, 0.25) is 0 Å². The quantitative estimate of drug-likeness (QED) is 0.807. The first-order chi connectivity index (χ1) is 8.99. The molecule has 0 atom stereocenters. The largest absolute Gasteiger partial charge is 0.219 e. The second-order valence-corrected chi connectivity index (χ2v) is 6.98. The number of hydrogen-bond acceptors (Lipinski definition) is 2. The summed E-state index contributed by atoms with van der Waals surface area (Å²) in [5.41, 5.74) is 0.671. The molecule has 0 amide bonds. The molecule has 0 heterocycles. The molecule has 98 valence electrons. The maximum Gasteiger partial charge on any atom is 0.199 e. The molecule has 5 heteroatoms. The number of halogens is 2. The zero-order valence-electron chi connectivity index (χ0n) is 9.75. The third-order valence-electron chi connectivity index (χ3n) is 2.47. The van der Waals surface area contributed by atoms with E-state index in [4.69, 9.17) is 11.6 Å². The van der Waals surface area contributed by atoms with E-state index < -0.39 is 9.84 Å². The van der Waals surface area contributed by atoms with Gasteiger partial charge in [-0.2, -0.15) is 0 Å².